The topological polar surface area (TPSA) is 50.7 Å². The summed E-state index contributed by atoms with van der Waals surface area (Å²) in [7, 11) is 1.40. The molecule has 0 radical (unpaired) electrons. The highest BCUT2D eigenvalue weighted by Crippen LogP contribution is 2.30. The molecule has 2 atom stereocenters. The van der Waals surface area contributed by atoms with E-state index in [0.29, 0.717) is 11.2 Å². The number of methoxy groups -OCH3 is 1. The van der Waals surface area contributed by atoms with E-state index in [1.54, 1.807) is 18.7 Å². The van der Waals surface area contributed by atoms with Crippen LogP contribution in [-0.2, 0) is 9.53 Å². The molecule has 1 N–H and O–H groups in total. The van der Waals surface area contributed by atoms with Crippen molar-refractivity contribution in [3.63, 3.8) is 0 Å². The molecule has 0 saturated heterocycles. The number of amidine groups is 1. The molecule has 0 aliphatic carbocycles. The summed E-state index contributed by atoms with van der Waals surface area (Å²) >= 11 is 1.76. The number of rotatable bonds is 5. The van der Waals surface area contributed by atoms with Gasteiger partial charge in [0.1, 0.15) is 6.04 Å². The highest BCUT2D eigenvalue weighted by molar-refractivity contribution is 8.14. The normalized spacial score (nSPS) is 21.2. The van der Waals surface area contributed by atoms with Crippen LogP contribution < -0.4 is 5.32 Å². The smallest absolute Gasteiger partial charge is 0.328 e. The Balaban J connectivity index is 2.42. The van der Waals surface area contributed by atoms with Crippen LogP contribution in [0.5, 0.6) is 0 Å². The Morgan fingerprint density at radius 2 is 2.24 bits per heavy atom. The average molecular weight is 258 g/mol. The van der Waals surface area contributed by atoms with Gasteiger partial charge in [-0.25, -0.2) is 4.79 Å². The molecule has 0 amide bonds. The lowest BCUT2D eigenvalue weighted by atomic mass is 9.99. The van der Waals surface area contributed by atoms with Gasteiger partial charge in [-0.15, -0.1) is 0 Å². The largest absolute Gasteiger partial charge is 0.467 e. The van der Waals surface area contributed by atoms with E-state index in [1.165, 1.54) is 20.0 Å². The molecular weight excluding hydrogens is 236 g/mol. The number of carbonyl (C=O) groups excluding carboxylic acids is 1. The monoisotopic (exact) mass is 258 g/mol. The van der Waals surface area contributed by atoms with Crippen LogP contribution in [0.25, 0.3) is 0 Å². The van der Waals surface area contributed by atoms with E-state index >= 15 is 0 Å². The Kier molecular flexibility index (Phi) is 5.82. The van der Waals surface area contributed by atoms with Gasteiger partial charge in [-0.1, -0.05) is 38.5 Å². The summed E-state index contributed by atoms with van der Waals surface area (Å²) in [6, 6.07) is -0.327. The van der Waals surface area contributed by atoms with E-state index in [1.807, 2.05) is 0 Å². The van der Waals surface area contributed by atoms with Crippen molar-refractivity contribution in [2.45, 2.75) is 44.9 Å². The van der Waals surface area contributed by atoms with Crippen molar-refractivity contribution in [2.24, 2.45) is 10.9 Å². The lowest BCUT2D eigenvalue weighted by molar-refractivity contribution is -0.142. The number of esters is 1. The van der Waals surface area contributed by atoms with E-state index in [4.69, 9.17) is 0 Å². The minimum absolute atomic E-state index is 0.251. The van der Waals surface area contributed by atoms with Gasteiger partial charge in [0.05, 0.1) is 13.7 Å². The summed E-state index contributed by atoms with van der Waals surface area (Å²) in [5.41, 5.74) is 0. The lowest BCUT2D eigenvalue weighted by Gasteiger charge is -2.19. The van der Waals surface area contributed by atoms with Crippen molar-refractivity contribution in [1.29, 1.82) is 0 Å². The summed E-state index contributed by atoms with van der Waals surface area (Å²) in [6.45, 7) is 7.08. The predicted octanol–water partition coefficient (Wildman–Crippen LogP) is 2.05. The van der Waals surface area contributed by atoms with E-state index < -0.39 is 0 Å². The zero-order valence-corrected chi connectivity index (χ0v) is 11.8. The third kappa shape index (κ3) is 3.91. The van der Waals surface area contributed by atoms with Crippen LogP contribution in [0.15, 0.2) is 4.99 Å². The van der Waals surface area contributed by atoms with Gasteiger partial charge >= 0.3 is 5.97 Å². The van der Waals surface area contributed by atoms with Gasteiger partial charge in [-0.05, 0) is 12.8 Å². The van der Waals surface area contributed by atoms with Gasteiger partial charge in [0.15, 0.2) is 5.17 Å². The SMILES string of the molecule is CCC(CC)C1CN=C(NC(C)C(=O)OC)S1. The van der Waals surface area contributed by atoms with Crippen LogP contribution in [0.3, 0.4) is 0 Å². The van der Waals surface area contributed by atoms with Crippen molar-refractivity contribution in [2.75, 3.05) is 13.7 Å². The third-order valence-electron chi connectivity index (χ3n) is 3.15. The molecule has 1 rings (SSSR count). The van der Waals surface area contributed by atoms with Gasteiger partial charge in [0, 0.05) is 5.25 Å². The van der Waals surface area contributed by atoms with Crippen molar-refractivity contribution in [1.82, 2.24) is 5.32 Å². The zero-order valence-electron chi connectivity index (χ0n) is 11.0. The summed E-state index contributed by atoms with van der Waals surface area (Å²) in [4.78, 5) is 15.7. The van der Waals surface area contributed by atoms with Crippen LogP contribution in [0.1, 0.15) is 33.6 Å². The molecule has 1 heterocycles. The highest BCUT2D eigenvalue weighted by Gasteiger charge is 2.27. The second kappa shape index (κ2) is 6.89. The molecule has 0 aromatic carbocycles. The van der Waals surface area contributed by atoms with Crippen LogP contribution >= 0.6 is 11.8 Å². The number of thioether (sulfide) groups is 1. The molecule has 0 saturated carbocycles. The maximum atomic E-state index is 11.3. The Morgan fingerprint density at radius 3 is 2.76 bits per heavy atom. The van der Waals surface area contributed by atoms with Crippen molar-refractivity contribution < 1.29 is 9.53 Å². The minimum Gasteiger partial charge on any atom is -0.467 e. The highest BCUT2D eigenvalue weighted by atomic mass is 32.2. The minimum atomic E-state index is -0.327. The molecule has 5 heteroatoms. The molecule has 4 nitrogen and oxygen atoms in total. The third-order valence-corrected chi connectivity index (χ3v) is 4.45. The molecule has 17 heavy (non-hydrogen) atoms. The van der Waals surface area contributed by atoms with Crippen molar-refractivity contribution in [3.8, 4) is 0 Å². The average Bonchev–Trinajstić information content (AvgIpc) is 2.78. The summed E-state index contributed by atoms with van der Waals surface area (Å²) in [6.07, 6.45) is 2.37. The zero-order chi connectivity index (χ0) is 12.8. The van der Waals surface area contributed by atoms with Crippen molar-refractivity contribution in [3.05, 3.63) is 0 Å². The molecule has 0 aromatic rings. The summed E-state index contributed by atoms with van der Waals surface area (Å²) < 4.78 is 4.67. The van der Waals surface area contributed by atoms with Gasteiger partial charge in [-0.2, -0.15) is 0 Å². The maximum Gasteiger partial charge on any atom is 0.328 e. The molecule has 0 aromatic heterocycles. The molecule has 1 aliphatic rings. The van der Waals surface area contributed by atoms with E-state index in [9.17, 15) is 4.79 Å². The first-order valence-electron chi connectivity index (χ1n) is 6.17. The Labute approximate surface area is 108 Å². The molecular formula is C12H22N2O2S. The quantitative estimate of drug-likeness (QED) is 0.767. The van der Waals surface area contributed by atoms with Gasteiger partial charge < -0.3 is 10.1 Å². The van der Waals surface area contributed by atoms with Gasteiger partial charge in [0.25, 0.3) is 0 Å². The fourth-order valence-corrected chi connectivity index (χ4v) is 3.36. The molecule has 98 valence electrons. The summed E-state index contributed by atoms with van der Waals surface area (Å²) in [5, 5.41) is 4.53. The van der Waals surface area contributed by atoms with Crippen molar-refractivity contribution >= 4 is 22.9 Å². The second-order valence-electron chi connectivity index (χ2n) is 4.27. The molecule has 1 aliphatic heterocycles. The number of aliphatic imine (C=N–C) groups is 1. The van der Waals surface area contributed by atoms with E-state index in [-0.39, 0.29) is 12.0 Å². The Bertz CT molecular complexity index is 290. The van der Waals surface area contributed by atoms with Crippen LogP contribution in [0.4, 0.5) is 0 Å². The number of carbonyl (C=O) groups is 1. The predicted molar refractivity (Wildman–Crippen MR) is 72.4 cm³/mol. The maximum absolute atomic E-state index is 11.3. The van der Waals surface area contributed by atoms with Crippen LogP contribution in [-0.4, -0.2) is 36.1 Å². The number of nitrogens with one attached hydrogen (secondary N) is 1. The number of ether oxygens (including phenoxy) is 1. The van der Waals surface area contributed by atoms with Gasteiger partial charge in [-0.3, -0.25) is 4.99 Å². The van der Waals surface area contributed by atoms with Crippen LogP contribution in [0.2, 0.25) is 0 Å². The second-order valence-corrected chi connectivity index (χ2v) is 5.50. The van der Waals surface area contributed by atoms with E-state index in [0.717, 1.165) is 11.7 Å². The number of hydrogen-bond acceptors (Lipinski definition) is 5. The van der Waals surface area contributed by atoms with Crippen LogP contribution in [0, 0.1) is 5.92 Å². The Hall–Kier alpha value is -0.710. The standard InChI is InChI=1S/C12H22N2O2S/c1-5-9(6-2)10-7-13-12(17-10)14-8(3)11(15)16-4/h8-10H,5-7H2,1-4H3,(H,13,14). The molecule has 2 unspecified atom stereocenters. The van der Waals surface area contributed by atoms with E-state index in [2.05, 4.69) is 28.9 Å². The fraction of sp³-hybridized carbons (Fsp3) is 0.833. The number of nitrogens with zero attached hydrogens (tertiary/aromatic N) is 1. The Morgan fingerprint density at radius 1 is 1.59 bits per heavy atom. The fourth-order valence-electron chi connectivity index (χ4n) is 1.95. The first-order chi connectivity index (χ1) is 8.12. The lowest BCUT2D eigenvalue weighted by Crippen LogP contribution is -2.37. The number of hydrogen-bond donors (Lipinski definition) is 1. The molecule has 0 spiro atoms. The summed E-state index contributed by atoms with van der Waals surface area (Å²) in [5.74, 6) is 0.454. The first-order valence-corrected chi connectivity index (χ1v) is 7.05. The molecule has 0 fully saturated rings. The molecule has 0 bridgehead atoms. The van der Waals surface area contributed by atoms with Gasteiger partial charge in [0.2, 0.25) is 0 Å². The first kappa shape index (κ1) is 14.4.